The van der Waals surface area contributed by atoms with Gasteiger partial charge in [0.2, 0.25) is 10.0 Å². The lowest BCUT2D eigenvalue weighted by atomic mass is 10.1. The van der Waals surface area contributed by atoms with Gasteiger partial charge in [-0.3, -0.25) is 4.79 Å². The van der Waals surface area contributed by atoms with Crippen LogP contribution in [0.3, 0.4) is 0 Å². The number of nitrogens with zero attached hydrogens (tertiary/aromatic N) is 2. The summed E-state index contributed by atoms with van der Waals surface area (Å²) in [5, 5.41) is 0. The molecule has 1 heterocycles. The van der Waals surface area contributed by atoms with E-state index in [0.29, 0.717) is 42.9 Å². The minimum absolute atomic E-state index is 0.0940. The molecule has 9 heteroatoms. The van der Waals surface area contributed by atoms with Crippen molar-refractivity contribution in [3.8, 4) is 0 Å². The molecule has 0 radical (unpaired) electrons. The third-order valence-corrected chi connectivity index (χ3v) is 8.56. The van der Waals surface area contributed by atoms with Gasteiger partial charge in [0.25, 0.3) is 5.91 Å². The predicted octanol–water partition coefficient (Wildman–Crippen LogP) is 2.63. The molecule has 30 heavy (non-hydrogen) atoms. The van der Waals surface area contributed by atoms with Crippen LogP contribution in [-0.2, 0) is 26.3 Å². The molecule has 7 nitrogen and oxygen atoms in total. The molecule has 0 N–H and O–H groups in total. The van der Waals surface area contributed by atoms with E-state index in [1.165, 1.54) is 22.5 Å². The maximum atomic E-state index is 13.2. The van der Waals surface area contributed by atoms with Gasteiger partial charge in [0.15, 0.2) is 9.84 Å². The van der Waals surface area contributed by atoms with E-state index in [2.05, 4.69) is 0 Å². The number of sulfonamides is 1. The molecule has 0 bridgehead atoms. The van der Waals surface area contributed by atoms with Crippen LogP contribution in [0.2, 0.25) is 0 Å². The number of amides is 1. The van der Waals surface area contributed by atoms with Gasteiger partial charge in [0.05, 0.1) is 9.79 Å². The lowest BCUT2D eigenvalue weighted by molar-refractivity contribution is 0.0988. The van der Waals surface area contributed by atoms with Crippen LogP contribution < -0.4 is 4.90 Å². The van der Waals surface area contributed by atoms with Crippen LogP contribution in [0, 0.1) is 6.92 Å². The van der Waals surface area contributed by atoms with Gasteiger partial charge in [-0.25, -0.2) is 16.8 Å². The number of sulfone groups is 1. The fourth-order valence-corrected chi connectivity index (χ4v) is 5.83. The van der Waals surface area contributed by atoms with Crippen LogP contribution >= 0.6 is 0 Å². The van der Waals surface area contributed by atoms with Crippen molar-refractivity contribution in [1.29, 1.82) is 0 Å². The molecular weight excluding hydrogens is 424 g/mol. The van der Waals surface area contributed by atoms with Gasteiger partial charge in [0, 0.05) is 37.1 Å². The Morgan fingerprint density at radius 2 is 1.63 bits per heavy atom. The Hall–Kier alpha value is -2.23. The smallest absolute Gasteiger partial charge is 0.258 e. The van der Waals surface area contributed by atoms with Crippen LogP contribution in [0.1, 0.15) is 35.3 Å². The Labute approximate surface area is 178 Å². The minimum Gasteiger partial charge on any atom is -0.308 e. The van der Waals surface area contributed by atoms with E-state index in [1.54, 1.807) is 43.9 Å². The molecular formula is C21H26N2O5S2. The summed E-state index contributed by atoms with van der Waals surface area (Å²) >= 11 is 0. The summed E-state index contributed by atoms with van der Waals surface area (Å²) in [7, 11) is -7.02. The molecule has 0 aromatic heterocycles. The zero-order chi connectivity index (χ0) is 22.3. The largest absolute Gasteiger partial charge is 0.308 e. The minimum atomic E-state index is -3.58. The summed E-state index contributed by atoms with van der Waals surface area (Å²) in [6, 6.07) is 9.34. The maximum Gasteiger partial charge on any atom is 0.258 e. The molecule has 3 rings (SSSR count). The zero-order valence-corrected chi connectivity index (χ0v) is 19.2. The lowest BCUT2D eigenvalue weighted by Crippen LogP contribution is -2.31. The SMILES string of the molecule is CCN(CC)S(=O)(=O)c1ccc2c(c1)CCN2C(=O)c1cc(S(C)(=O)=O)ccc1C. The van der Waals surface area contributed by atoms with E-state index in [-0.39, 0.29) is 15.7 Å². The Balaban J connectivity index is 1.98. The number of hydrogen-bond donors (Lipinski definition) is 0. The predicted molar refractivity (Wildman–Crippen MR) is 116 cm³/mol. The van der Waals surface area contributed by atoms with Crippen LogP contribution in [-0.4, -0.2) is 52.9 Å². The molecule has 0 fully saturated rings. The molecule has 162 valence electrons. The molecule has 1 aliphatic heterocycles. The molecule has 0 atom stereocenters. The molecule has 1 aliphatic rings. The lowest BCUT2D eigenvalue weighted by Gasteiger charge is -2.21. The van der Waals surface area contributed by atoms with Crippen molar-refractivity contribution in [2.75, 3.05) is 30.8 Å². The summed E-state index contributed by atoms with van der Waals surface area (Å²) in [5.74, 6) is -0.295. The number of benzene rings is 2. The maximum absolute atomic E-state index is 13.2. The molecule has 0 saturated carbocycles. The van der Waals surface area contributed by atoms with Crippen molar-refractivity contribution in [1.82, 2.24) is 4.31 Å². The summed E-state index contributed by atoms with van der Waals surface area (Å²) in [6.07, 6.45) is 1.64. The molecule has 0 aliphatic carbocycles. The number of carbonyl (C=O) groups excluding carboxylic acids is 1. The summed E-state index contributed by atoms with van der Waals surface area (Å²) < 4.78 is 50.8. The Kier molecular flexibility index (Phi) is 6.08. The molecule has 0 unspecified atom stereocenters. The van der Waals surface area contributed by atoms with Crippen molar-refractivity contribution in [3.05, 3.63) is 53.1 Å². The van der Waals surface area contributed by atoms with Gasteiger partial charge in [-0.05, 0) is 54.8 Å². The summed E-state index contributed by atoms with van der Waals surface area (Å²) in [6.45, 7) is 6.53. The van der Waals surface area contributed by atoms with Gasteiger partial charge in [-0.15, -0.1) is 0 Å². The average molecular weight is 451 g/mol. The summed E-state index contributed by atoms with van der Waals surface area (Å²) in [5.41, 5.74) is 2.45. The molecule has 2 aromatic rings. The van der Waals surface area contributed by atoms with E-state index in [0.717, 1.165) is 11.8 Å². The number of rotatable bonds is 6. The van der Waals surface area contributed by atoms with Crippen molar-refractivity contribution in [2.45, 2.75) is 37.0 Å². The van der Waals surface area contributed by atoms with Gasteiger partial charge >= 0.3 is 0 Å². The zero-order valence-electron chi connectivity index (χ0n) is 17.5. The first-order valence-electron chi connectivity index (χ1n) is 9.76. The van der Waals surface area contributed by atoms with Crippen molar-refractivity contribution < 1.29 is 21.6 Å². The van der Waals surface area contributed by atoms with E-state index in [4.69, 9.17) is 0 Å². The number of hydrogen-bond acceptors (Lipinski definition) is 5. The van der Waals surface area contributed by atoms with Crippen molar-refractivity contribution in [3.63, 3.8) is 0 Å². The first-order chi connectivity index (χ1) is 14.0. The highest BCUT2D eigenvalue weighted by molar-refractivity contribution is 7.90. The monoisotopic (exact) mass is 450 g/mol. The fourth-order valence-electron chi connectivity index (χ4n) is 3.67. The number of aryl methyl sites for hydroxylation is 1. The first kappa shape index (κ1) is 22.5. The van der Waals surface area contributed by atoms with E-state index in [9.17, 15) is 21.6 Å². The second kappa shape index (κ2) is 8.13. The molecule has 2 aromatic carbocycles. The normalized spacial score (nSPS) is 14.2. The highest BCUT2D eigenvalue weighted by Gasteiger charge is 2.30. The van der Waals surface area contributed by atoms with E-state index < -0.39 is 19.9 Å². The van der Waals surface area contributed by atoms with Gasteiger partial charge in [-0.2, -0.15) is 4.31 Å². The van der Waals surface area contributed by atoms with E-state index >= 15 is 0 Å². The van der Waals surface area contributed by atoms with Crippen LogP contribution in [0.5, 0.6) is 0 Å². The molecule has 0 saturated heterocycles. The van der Waals surface area contributed by atoms with Crippen molar-refractivity contribution >= 4 is 31.5 Å². The summed E-state index contributed by atoms with van der Waals surface area (Å²) in [4.78, 5) is 15.1. The second-order valence-electron chi connectivity index (χ2n) is 7.34. The number of carbonyl (C=O) groups is 1. The molecule has 0 spiro atoms. The highest BCUT2D eigenvalue weighted by atomic mass is 32.2. The number of fused-ring (bicyclic) bond motifs is 1. The Morgan fingerprint density at radius 3 is 2.23 bits per heavy atom. The van der Waals surface area contributed by atoms with Crippen molar-refractivity contribution in [2.24, 2.45) is 0 Å². The van der Waals surface area contributed by atoms with Gasteiger partial charge in [0.1, 0.15) is 0 Å². The second-order valence-corrected chi connectivity index (χ2v) is 11.3. The van der Waals surface area contributed by atoms with Gasteiger partial charge in [-0.1, -0.05) is 19.9 Å². The van der Waals surface area contributed by atoms with E-state index in [1.807, 2.05) is 0 Å². The van der Waals surface area contributed by atoms with Crippen LogP contribution in [0.4, 0.5) is 5.69 Å². The Bertz CT molecular complexity index is 1200. The third-order valence-electron chi connectivity index (χ3n) is 5.40. The highest BCUT2D eigenvalue weighted by Crippen LogP contribution is 2.33. The van der Waals surface area contributed by atoms with Gasteiger partial charge < -0.3 is 4.90 Å². The Morgan fingerprint density at radius 1 is 1.00 bits per heavy atom. The van der Waals surface area contributed by atoms with Crippen LogP contribution in [0.15, 0.2) is 46.2 Å². The third kappa shape index (κ3) is 4.01. The number of anilines is 1. The molecule has 1 amide bonds. The quantitative estimate of drug-likeness (QED) is 0.675. The standard InChI is InChI=1S/C21H26N2O5S2/c1-5-22(6-2)30(27,28)18-9-10-20-16(13-18)11-12-23(20)21(24)19-14-17(29(4,25)26)8-7-15(19)3/h7-10,13-14H,5-6,11-12H2,1-4H3. The topological polar surface area (TPSA) is 91.8 Å². The first-order valence-corrected chi connectivity index (χ1v) is 13.1. The fraction of sp³-hybridized carbons (Fsp3) is 0.381. The van der Waals surface area contributed by atoms with Crippen LogP contribution in [0.25, 0.3) is 0 Å². The average Bonchev–Trinajstić information content (AvgIpc) is 3.11.